The molecule has 2 aliphatic rings. The first-order chi connectivity index (χ1) is 17.2. The molecule has 0 amide bonds. The van der Waals surface area contributed by atoms with Crippen LogP contribution in [-0.4, -0.2) is 104 Å². The van der Waals surface area contributed by atoms with Crippen LogP contribution in [0.2, 0.25) is 0 Å². The molecule has 10 heteroatoms. The van der Waals surface area contributed by atoms with Crippen molar-refractivity contribution in [2.75, 3.05) is 24.7 Å². The lowest BCUT2D eigenvalue weighted by molar-refractivity contribution is -0.119. The minimum absolute atomic E-state index is 0.0250. The second-order valence-corrected chi connectivity index (χ2v) is 12.7. The minimum Gasteiger partial charge on any atom is -0.394 e. The Morgan fingerprint density at radius 3 is 1.89 bits per heavy atom. The van der Waals surface area contributed by atoms with Crippen LogP contribution in [0.4, 0.5) is 0 Å². The summed E-state index contributed by atoms with van der Waals surface area (Å²) in [7, 11) is 0. The van der Waals surface area contributed by atoms with E-state index >= 15 is 0 Å². The number of hydrogen-bond acceptors (Lipinski definition) is 10. The lowest BCUT2D eigenvalue weighted by Gasteiger charge is -2.21. The Morgan fingerprint density at radius 1 is 0.806 bits per heavy atom. The number of carbonyl (C=O) groups is 2. The van der Waals surface area contributed by atoms with Crippen LogP contribution in [0.25, 0.3) is 0 Å². The number of rotatable bonds is 18. The van der Waals surface area contributed by atoms with Gasteiger partial charge in [0.2, 0.25) is 0 Å². The number of unbranched alkanes of at least 4 members (excludes halogenated alkanes) is 2. The molecule has 0 spiro atoms. The fourth-order valence-corrected chi connectivity index (χ4v) is 7.78. The molecule has 8 nitrogen and oxygen atoms in total. The molecule has 0 aromatic carbocycles. The predicted octanol–water partition coefficient (Wildman–Crippen LogP) is 2.37. The third-order valence-corrected chi connectivity index (χ3v) is 10.5. The van der Waals surface area contributed by atoms with Crippen LogP contribution in [0, 0.1) is 5.92 Å². The fourth-order valence-electron chi connectivity index (χ4n) is 4.89. The lowest BCUT2D eigenvalue weighted by Crippen LogP contribution is -2.32. The SMILES string of the molecule is CC(=O)CCC(CCC(=O)CCCCCS[C@H]1C(O)[C@@H](CO)O[C@H]1C)CS[C@H]1C(O)[C@@H](CO)O[C@H]1C. The third kappa shape index (κ3) is 10.2. The fraction of sp³-hybridized carbons (Fsp3) is 0.923. The van der Waals surface area contributed by atoms with Crippen LogP contribution >= 0.6 is 23.5 Å². The van der Waals surface area contributed by atoms with Crippen molar-refractivity contribution in [1.29, 1.82) is 0 Å². The van der Waals surface area contributed by atoms with Crippen LogP contribution in [0.5, 0.6) is 0 Å². The van der Waals surface area contributed by atoms with Crippen molar-refractivity contribution in [3.8, 4) is 0 Å². The van der Waals surface area contributed by atoms with Crippen molar-refractivity contribution < 1.29 is 39.5 Å². The number of Topliss-reactive ketones (excluding diaryl/α,β-unsaturated/α-hetero) is 2. The number of aliphatic hydroxyl groups is 4. The lowest BCUT2D eigenvalue weighted by atomic mass is 9.96. The quantitative estimate of drug-likeness (QED) is 0.189. The Bertz CT molecular complexity index is 666. The molecular formula is C26H46O8S2. The zero-order chi connectivity index (χ0) is 26.7. The number of carbonyl (C=O) groups excluding carboxylic acids is 2. The molecule has 0 aromatic rings. The van der Waals surface area contributed by atoms with Crippen molar-refractivity contribution in [2.24, 2.45) is 5.92 Å². The molecule has 2 rings (SSSR count). The molecule has 3 unspecified atom stereocenters. The molecule has 0 radical (unpaired) electrons. The summed E-state index contributed by atoms with van der Waals surface area (Å²) in [4.78, 5) is 24.0. The topological polar surface area (TPSA) is 134 Å². The molecule has 210 valence electrons. The van der Waals surface area contributed by atoms with Crippen molar-refractivity contribution >= 4 is 35.1 Å². The molecule has 2 fully saturated rings. The highest BCUT2D eigenvalue weighted by Crippen LogP contribution is 2.34. The van der Waals surface area contributed by atoms with E-state index in [1.54, 1.807) is 30.4 Å². The van der Waals surface area contributed by atoms with E-state index in [9.17, 15) is 30.0 Å². The normalized spacial score (nSPS) is 33.2. The summed E-state index contributed by atoms with van der Waals surface area (Å²) in [5.74, 6) is 2.25. The van der Waals surface area contributed by atoms with Crippen LogP contribution in [0.1, 0.15) is 72.1 Å². The van der Waals surface area contributed by atoms with Gasteiger partial charge in [-0.2, -0.15) is 23.5 Å². The van der Waals surface area contributed by atoms with E-state index in [-0.39, 0.29) is 53.4 Å². The number of aliphatic hydroxyl groups excluding tert-OH is 4. The number of hydrogen-bond donors (Lipinski definition) is 4. The van der Waals surface area contributed by atoms with Gasteiger partial charge in [0, 0.05) is 19.3 Å². The van der Waals surface area contributed by atoms with Crippen molar-refractivity contribution in [3.05, 3.63) is 0 Å². The molecule has 0 bridgehead atoms. The van der Waals surface area contributed by atoms with Crippen LogP contribution in [0.15, 0.2) is 0 Å². The Hall–Kier alpha value is -0.200. The number of ether oxygens (including phenoxy) is 2. The molecule has 0 aromatic heterocycles. The maximum Gasteiger partial charge on any atom is 0.132 e. The largest absolute Gasteiger partial charge is 0.394 e. The van der Waals surface area contributed by atoms with Gasteiger partial charge in [0.15, 0.2) is 0 Å². The van der Waals surface area contributed by atoms with E-state index < -0.39 is 24.4 Å². The molecule has 2 saturated heterocycles. The number of ketones is 2. The molecule has 36 heavy (non-hydrogen) atoms. The van der Waals surface area contributed by atoms with Gasteiger partial charge in [-0.25, -0.2) is 0 Å². The first kappa shape index (κ1) is 32.0. The summed E-state index contributed by atoms with van der Waals surface area (Å²) in [5.41, 5.74) is 0. The summed E-state index contributed by atoms with van der Waals surface area (Å²) < 4.78 is 11.2. The van der Waals surface area contributed by atoms with Gasteiger partial charge in [-0.1, -0.05) is 6.42 Å². The number of thioether (sulfide) groups is 2. The Balaban J connectivity index is 1.64. The molecule has 4 N–H and O–H groups in total. The standard InChI is InChI=1S/C26H46O8S2/c1-16(29)8-9-19(15-36-26-18(3)34-22(14-28)24(26)32)10-11-20(30)7-5-4-6-12-35-25-17(2)33-21(13-27)23(25)31/h17-19,21-28,31-32H,4-15H2,1-3H3/t17-,18-,19?,21+,22+,23?,24?,25+,26+/m0/s1. The second-order valence-electron chi connectivity index (χ2n) is 10.2. The molecule has 2 aliphatic heterocycles. The molecule has 0 aliphatic carbocycles. The first-order valence-electron chi connectivity index (χ1n) is 13.3. The minimum atomic E-state index is -0.716. The van der Waals surface area contributed by atoms with E-state index in [0.29, 0.717) is 19.3 Å². The monoisotopic (exact) mass is 550 g/mol. The van der Waals surface area contributed by atoms with E-state index in [4.69, 9.17) is 9.47 Å². The average Bonchev–Trinajstić information content (AvgIpc) is 3.28. The van der Waals surface area contributed by atoms with Crippen molar-refractivity contribution in [2.45, 2.75) is 119 Å². The van der Waals surface area contributed by atoms with E-state index in [1.807, 2.05) is 13.8 Å². The van der Waals surface area contributed by atoms with Gasteiger partial charge in [-0.05, 0) is 63.9 Å². The van der Waals surface area contributed by atoms with Gasteiger partial charge in [-0.15, -0.1) is 0 Å². The highest BCUT2D eigenvalue weighted by Gasteiger charge is 2.42. The van der Waals surface area contributed by atoms with Gasteiger partial charge in [0.05, 0.1) is 48.1 Å². The molecule has 2 heterocycles. The molecular weight excluding hydrogens is 504 g/mol. The molecule has 0 saturated carbocycles. The van der Waals surface area contributed by atoms with Crippen molar-refractivity contribution in [3.63, 3.8) is 0 Å². The summed E-state index contributed by atoms with van der Waals surface area (Å²) in [6.07, 6.45) is 3.15. The van der Waals surface area contributed by atoms with Gasteiger partial charge >= 0.3 is 0 Å². The van der Waals surface area contributed by atoms with Gasteiger partial charge in [-0.3, -0.25) is 4.79 Å². The van der Waals surface area contributed by atoms with Crippen LogP contribution in [0.3, 0.4) is 0 Å². The van der Waals surface area contributed by atoms with Crippen LogP contribution < -0.4 is 0 Å². The van der Waals surface area contributed by atoms with Crippen LogP contribution in [-0.2, 0) is 19.1 Å². The predicted molar refractivity (Wildman–Crippen MR) is 143 cm³/mol. The first-order valence-corrected chi connectivity index (χ1v) is 15.4. The van der Waals surface area contributed by atoms with E-state index in [1.165, 1.54) is 0 Å². The zero-order valence-corrected chi connectivity index (χ0v) is 23.6. The second kappa shape index (κ2) is 16.7. The summed E-state index contributed by atoms with van der Waals surface area (Å²) in [5, 5.41) is 39.1. The maximum atomic E-state index is 12.5. The highest BCUT2D eigenvalue weighted by molar-refractivity contribution is 8.00. The van der Waals surface area contributed by atoms with Gasteiger partial charge in [0.25, 0.3) is 0 Å². The van der Waals surface area contributed by atoms with Gasteiger partial charge < -0.3 is 34.7 Å². The van der Waals surface area contributed by atoms with Crippen molar-refractivity contribution in [1.82, 2.24) is 0 Å². The summed E-state index contributed by atoms with van der Waals surface area (Å²) in [6.45, 7) is 5.04. The summed E-state index contributed by atoms with van der Waals surface area (Å²) in [6, 6.07) is 0. The Morgan fingerprint density at radius 2 is 1.36 bits per heavy atom. The van der Waals surface area contributed by atoms with E-state index in [0.717, 1.165) is 43.6 Å². The van der Waals surface area contributed by atoms with E-state index in [2.05, 4.69) is 0 Å². The smallest absolute Gasteiger partial charge is 0.132 e. The third-order valence-electron chi connectivity index (χ3n) is 7.17. The highest BCUT2D eigenvalue weighted by atomic mass is 32.2. The Labute approximate surface area is 224 Å². The zero-order valence-electron chi connectivity index (χ0n) is 21.9. The Kier molecular flexibility index (Phi) is 14.8. The molecule has 9 atom stereocenters. The average molecular weight is 551 g/mol. The maximum absolute atomic E-state index is 12.5. The van der Waals surface area contributed by atoms with Gasteiger partial charge in [0.1, 0.15) is 23.8 Å². The summed E-state index contributed by atoms with van der Waals surface area (Å²) >= 11 is 3.29.